The van der Waals surface area contributed by atoms with Crippen molar-refractivity contribution in [2.24, 2.45) is 0 Å². The third-order valence-electron chi connectivity index (χ3n) is 5.83. The van der Waals surface area contributed by atoms with E-state index >= 15 is 4.39 Å². The molecule has 2 aromatic rings. The lowest BCUT2D eigenvalue weighted by Crippen LogP contribution is -2.39. The van der Waals surface area contributed by atoms with E-state index in [4.69, 9.17) is 5.26 Å². The number of nitrogens with one attached hydrogen (secondary N) is 1. The van der Waals surface area contributed by atoms with E-state index in [9.17, 15) is 4.79 Å². The molecule has 3 rings (SSSR count). The highest BCUT2D eigenvalue weighted by Gasteiger charge is 2.36. The highest BCUT2D eigenvalue weighted by molar-refractivity contribution is 5.78. The van der Waals surface area contributed by atoms with Crippen LogP contribution in [0.15, 0.2) is 43.0 Å². The molecule has 1 saturated heterocycles. The summed E-state index contributed by atoms with van der Waals surface area (Å²) in [6.45, 7) is 9.46. The third kappa shape index (κ3) is 4.17. The second-order valence-electron chi connectivity index (χ2n) is 7.53. The molecule has 0 saturated carbocycles. The summed E-state index contributed by atoms with van der Waals surface area (Å²) in [6.07, 6.45) is 2.24. The number of halogens is 1. The quantitative estimate of drug-likeness (QED) is 0.711. The van der Waals surface area contributed by atoms with Crippen LogP contribution >= 0.6 is 0 Å². The number of benzene rings is 2. The molecule has 4 nitrogen and oxygen atoms in total. The molecule has 0 radical (unpaired) electrons. The first kappa shape index (κ1) is 20.6. The van der Waals surface area contributed by atoms with Gasteiger partial charge in [-0.2, -0.15) is 5.26 Å². The van der Waals surface area contributed by atoms with Gasteiger partial charge in [-0.05, 0) is 48.2 Å². The number of amides is 1. The van der Waals surface area contributed by atoms with Gasteiger partial charge in [0, 0.05) is 42.9 Å². The molecule has 0 aromatic heterocycles. The number of piperidine rings is 1. The SMILES string of the molecule is C=C(c1cc(NC=O)c(CC)cc1C)N1CCC(F)(c2ccc(C#N)cc2)CC1. The summed E-state index contributed by atoms with van der Waals surface area (Å²) in [5.74, 6) is 0. The number of alkyl halides is 1. The number of nitriles is 1. The van der Waals surface area contributed by atoms with Crippen LogP contribution in [0.5, 0.6) is 0 Å². The molecule has 2 aromatic carbocycles. The topological polar surface area (TPSA) is 56.1 Å². The average Bonchev–Trinajstić information content (AvgIpc) is 2.75. The van der Waals surface area contributed by atoms with Gasteiger partial charge >= 0.3 is 0 Å². The molecule has 1 N–H and O–H groups in total. The summed E-state index contributed by atoms with van der Waals surface area (Å²) in [4.78, 5) is 13.1. The lowest BCUT2D eigenvalue weighted by atomic mass is 9.85. The number of hydrogen-bond donors (Lipinski definition) is 1. The van der Waals surface area contributed by atoms with Crippen molar-refractivity contribution in [1.82, 2.24) is 4.90 Å². The Morgan fingerprint density at radius 3 is 2.52 bits per heavy atom. The molecule has 5 heteroatoms. The first-order chi connectivity index (χ1) is 13.9. The Hall–Kier alpha value is -3.13. The van der Waals surface area contributed by atoms with Crippen LogP contribution in [0, 0.1) is 18.3 Å². The molecule has 29 heavy (non-hydrogen) atoms. The van der Waals surface area contributed by atoms with Crippen molar-refractivity contribution in [2.75, 3.05) is 18.4 Å². The van der Waals surface area contributed by atoms with Crippen LogP contribution in [-0.2, 0) is 16.9 Å². The Bertz CT molecular complexity index is 951. The molecule has 0 atom stereocenters. The molecule has 1 amide bonds. The first-order valence-corrected chi connectivity index (χ1v) is 9.89. The van der Waals surface area contributed by atoms with Crippen molar-refractivity contribution < 1.29 is 9.18 Å². The Balaban J connectivity index is 1.77. The predicted octanol–water partition coefficient (Wildman–Crippen LogP) is 4.93. The van der Waals surface area contributed by atoms with Crippen LogP contribution in [0.2, 0.25) is 0 Å². The monoisotopic (exact) mass is 391 g/mol. The minimum absolute atomic E-state index is 0.365. The van der Waals surface area contributed by atoms with Crippen molar-refractivity contribution in [2.45, 2.75) is 38.8 Å². The van der Waals surface area contributed by atoms with Gasteiger partial charge in [-0.25, -0.2) is 4.39 Å². The van der Waals surface area contributed by atoms with Crippen LogP contribution in [0.3, 0.4) is 0 Å². The Kier molecular flexibility index (Phi) is 6.03. The smallest absolute Gasteiger partial charge is 0.211 e. The minimum atomic E-state index is -1.39. The van der Waals surface area contributed by atoms with Crippen molar-refractivity contribution >= 4 is 17.8 Å². The van der Waals surface area contributed by atoms with Gasteiger partial charge in [-0.3, -0.25) is 4.79 Å². The van der Waals surface area contributed by atoms with Crippen molar-refractivity contribution in [1.29, 1.82) is 5.26 Å². The van der Waals surface area contributed by atoms with Crippen LogP contribution in [-0.4, -0.2) is 24.4 Å². The highest BCUT2D eigenvalue weighted by atomic mass is 19.1. The zero-order valence-electron chi connectivity index (χ0n) is 17.0. The molecular weight excluding hydrogens is 365 g/mol. The minimum Gasteiger partial charge on any atom is -0.371 e. The van der Waals surface area contributed by atoms with Gasteiger partial charge in [0.1, 0.15) is 5.67 Å². The number of carbonyl (C=O) groups is 1. The summed E-state index contributed by atoms with van der Waals surface area (Å²) < 4.78 is 15.5. The molecule has 0 unspecified atom stereocenters. The number of nitrogens with zero attached hydrogens (tertiary/aromatic N) is 2. The molecule has 150 valence electrons. The van der Waals surface area contributed by atoms with Crippen LogP contribution in [0.25, 0.3) is 5.70 Å². The Labute approximate surface area is 171 Å². The number of rotatable bonds is 6. The van der Waals surface area contributed by atoms with Crippen molar-refractivity contribution in [3.63, 3.8) is 0 Å². The standard InChI is InChI=1S/C24H26FN3O/c1-4-20-13-17(2)22(14-23(20)27-16-29)18(3)28-11-9-24(25,10-12-28)21-7-5-19(15-26)6-8-21/h5-8,13-14,16H,3-4,9-12H2,1-2H3,(H,27,29). The van der Waals surface area contributed by atoms with Crippen LogP contribution in [0.1, 0.15) is 47.6 Å². The summed E-state index contributed by atoms with van der Waals surface area (Å²) in [5, 5.41) is 11.7. The number of aryl methyl sites for hydroxylation is 2. The lowest BCUT2D eigenvalue weighted by Gasteiger charge is -2.39. The van der Waals surface area contributed by atoms with Gasteiger partial charge in [-0.15, -0.1) is 0 Å². The third-order valence-corrected chi connectivity index (χ3v) is 5.83. The molecular formula is C24H26FN3O. The maximum Gasteiger partial charge on any atom is 0.211 e. The van der Waals surface area contributed by atoms with E-state index < -0.39 is 5.67 Å². The fourth-order valence-electron chi connectivity index (χ4n) is 4.00. The van der Waals surface area contributed by atoms with Crippen LogP contribution in [0.4, 0.5) is 10.1 Å². The number of carbonyl (C=O) groups excluding carboxylic acids is 1. The van der Waals surface area contributed by atoms with Gasteiger partial charge in [0.2, 0.25) is 6.41 Å². The van der Waals surface area contributed by atoms with E-state index in [1.807, 2.05) is 19.9 Å². The van der Waals surface area contributed by atoms with E-state index in [2.05, 4.69) is 28.9 Å². The van der Waals surface area contributed by atoms with Crippen molar-refractivity contribution in [3.8, 4) is 6.07 Å². The molecule has 0 spiro atoms. The first-order valence-electron chi connectivity index (χ1n) is 9.89. The number of likely N-dealkylation sites (tertiary alicyclic amines) is 1. The number of hydrogen-bond acceptors (Lipinski definition) is 3. The zero-order chi connectivity index (χ0) is 21.0. The van der Waals surface area contributed by atoms with E-state index in [-0.39, 0.29) is 0 Å². The van der Waals surface area contributed by atoms with Gasteiger partial charge in [-0.1, -0.05) is 31.7 Å². The highest BCUT2D eigenvalue weighted by Crippen LogP contribution is 2.39. The molecule has 0 aliphatic carbocycles. The second-order valence-corrected chi connectivity index (χ2v) is 7.53. The Morgan fingerprint density at radius 1 is 1.31 bits per heavy atom. The van der Waals surface area contributed by atoms with Crippen LogP contribution < -0.4 is 5.32 Å². The molecule has 0 bridgehead atoms. The average molecular weight is 391 g/mol. The molecule has 1 fully saturated rings. The maximum absolute atomic E-state index is 15.5. The maximum atomic E-state index is 15.5. The van der Waals surface area contributed by atoms with E-state index in [0.29, 0.717) is 43.5 Å². The molecule has 1 heterocycles. The Morgan fingerprint density at radius 2 is 1.97 bits per heavy atom. The van der Waals surface area contributed by atoms with E-state index in [1.54, 1.807) is 24.3 Å². The fraction of sp³-hybridized carbons (Fsp3) is 0.333. The lowest BCUT2D eigenvalue weighted by molar-refractivity contribution is -0.105. The molecule has 1 aliphatic rings. The van der Waals surface area contributed by atoms with Gasteiger partial charge in [0.15, 0.2) is 0 Å². The van der Waals surface area contributed by atoms with Gasteiger partial charge in [0.05, 0.1) is 11.6 Å². The fourth-order valence-corrected chi connectivity index (χ4v) is 4.00. The van der Waals surface area contributed by atoms with E-state index in [1.165, 1.54) is 0 Å². The van der Waals surface area contributed by atoms with Gasteiger partial charge < -0.3 is 10.2 Å². The van der Waals surface area contributed by atoms with E-state index in [0.717, 1.165) is 34.5 Å². The summed E-state index contributed by atoms with van der Waals surface area (Å²) >= 11 is 0. The predicted molar refractivity (Wildman–Crippen MR) is 114 cm³/mol. The summed E-state index contributed by atoms with van der Waals surface area (Å²) in [6, 6.07) is 12.9. The largest absolute Gasteiger partial charge is 0.371 e. The second kappa shape index (κ2) is 8.48. The van der Waals surface area contributed by atoms with Crippen molar-refractivity contribution in [3.05, 3.63) is 70.8 Å². The number of anilines is 1. The summed E-state index contributed by atoms with van der Waals surface area (Å²) in [5.41, 5.74) is 4.55. The molecule has 1 aliphatic heterocycles. The summed E-state index contributed by atoms with van der Waals surface area (Å²) in [7, 11) is 0. The van der Waals surface area contributed by atoms with Gasteiger partial charge in [0.25, 0.3) is 0 Å². The normalized spacial score (nSPS) is 15.4. The zero-order valence-corrected chi connectivity index (χ0v) is 17.0.